The van der Waals surface area contributed by atoms with E-state index in [4.69, 9.17) is 9.47 Å². The Morgan fingerprint density at radius 3 is 2.62 bits per heavy atom. The fourth-order valence-corrected chi connectivity index (χ4v) is 4.58. The number of fused-ring (bicyclic) bond motifs is 1. The van der Waals surface area contributed by atoms with Crippen LogP contribution >= 0.6 is 11.3 Å². The number of rotatable bonds is 8. The van der Waals surface area contributed by atoms with Crippen LogP contribution in [0.2, 0.25) is 25.7 Å². The molecule has 0 saturated carbocycles. The molecular formula is C21H26N2O4SSi. The molecule has 3 rings (SSSR count). The number of hydrogen-bond acceptors (Lipinski definition) is 6. The van der Waals surface area contributed by atoms with Gasteiger partial charge in [-0.05, 0) is 19.0 Å². The Labute approximate surface area is 175 Å². The van der Waals surface area contributed by atoms with Crippen LogP contribution in [-0.2, 0) is 16.2 Å². The smallest absolute Gasteiger partial charge is 0.357 e. The zero-order valence-corrected chi connectivity index (χ0v) is 19.3. The van der Waals surface area contributed by atoms with Crippen LogP contribution < -0.4 is 0 Å². The molecule has 1 aromatic carbocycles. The Balaban J connectivity index is 1.88. The van der Waals surface area contributed by atoms with E-state index in [1.54, 1.807) is 6.92 Å². The van der Waals surface area contributed by atoms with Crippen LogP contribution in [0.25, 0.3) is 10.9 Å². The van der Waals surface area contributed by atoms with Crippen molar-refractivity contribution in [1.29, 1.82) is 0 Å². The Morgan fingerprint density at radius 2 is 1.93 bits per heavy atom. The quantitative estimate of drug-likeness (QED) is 0.223. The number of carbonyl (C=O) groups is 2. The second kappa shape index (κ2) is 8.60. The summed E-state index contributed by atoms with van der Waals surface area (Å²) in [6, 6.07) is 8.83. The Kier molecular flexibility index (Phi) is 6.35. The molecule has 3 aromatic rings. The second-order valence-corrected chi connectivity index (χ2v) is 14.9. The van der Waals surface area contributed by atoms with Gasteiger partial charge in [0.05, 0.1) is 18.2 Å². The Bertz CT molecular complexity index is 1050. The van der Waals surface area contributed by atoms with E-state index in [0.29, 0.717) is 23.8 Å². The van der Waals surface area contributed by atoms with Gasteiger partial charge >= 0.3 is 5.97 Å². The van der Waals surface area contributed by atoms with Crippen LogP contribution in [0.5, 0.6) is 0 Å². The number of esters is 1. The summed E-state index contributed by atoms with van der Waals surface area (Å²) in [4.78, 5) is 29.9. The van der Waals surface area contributed by atoms with Gasteiger partial charge in [0, 0.05) is 31.1 Å². The zero-order valence-electron chi connectivity index (χ0n) is 17.4. The van der Waals surface area contributed by atoms with Crippen molar-refractivity contribution in [3.63, 3.8) is 0 Å². The standard InChI is InChI=1S/C21H26N2O4SSi/c1-14-18(21(25)26-2)22-20(28-14)19(24)16-12-23(13-27-10-11-29(3,4)5)17-9-7-6-8-15(16)17/h6-9,12H,10-11,13H2,1-5H3. The van der Waals surface area contributed by atoms with Crippen molar-refractivity contribution in [3.05, 3.63) is 51.6 Å². The first-order valence-corrected chi connectivity index (χ1v) is 14.0. The van der Waals surface area contributed by atoms with E-state index in [1.807, 2.05) is 35.0 Å². The lowest BCUT2D eigenvalue weighted by molar-refractivity contribution is 0.0594. The molecule has 6 nitrogen and oxygen atoms in total. The lowest BCUT2D eigenvalue weighted by Gasteiger charge is -2.15. The van der Waals surface area contributed by atoms with Crippen molar-refractivity contribution in [1.82, 2.24) is 9.55 Å². The summed E-state index contributed by atoms with van der Waals surface area (Å²) in [5, 5.41) is 1.13. The van der Waals surface area contributed by atoms with E-state index < -0.39 is 14.0 Å². The van der Waals surface area contributed by atoms with E-state index in [0.717, 1.165) is 16.9 Å². The van der Waals surface area contributed by atoms with Gasteiger partial charge in [-0.1, -0.05) is 37.8 Å². The van der Waals surface area contributed by atoms with E-state index in [1.165, 1.54) is 18.4 Å². The first-order valence-electron chi connectivity index (χ1n) is 9.47. The molecule has 154 valence electrons. The highest BCUT2D eigenvalue weighted by Crippen LogP contribution is 2.27. The number of ether oxygens (including phenoxy) is 2. The number of nitrogens with zero attached hydrogens (tertiary/aromatic N) is 2. The number of methoxy groups -OCH3 is 1. The SMILES string of the molecule is COC(=O)c1nc(C(=O)c2cn(COCC[Si](C)(C)C)c3ccccc23)sc1C. The number of carbonyl (C=O) groups excluding carboxylic acids is 2. The number of thiazole rings is 1. The van der Waals surface area contributed by atoms with Gasteiger partial charge < -0.3 is 14.0 Å². The predicted molar refractivity (Wildman–Crippen MR) is 118 cm³/mol. The molecule has 0 radical (unpaired) electrons. The number of hydrogen-bond donors (Lipinski definition) is 0. The third kappa shape index (κ3) is 4.83. The van der Waals surface area contributed by atoms with Crippen LogP contribution in [0.1, 0.15) is 30.7 Å². The number of aromatic nitrogens is 2. The molecule has 0 N–H and O–H groups in total. The minimum absolute atomic E-state index is 0.194. The van der Waals surface area contributed by atoms with Crippen molar-refractivity contribution in [2.45, 2.75) is 39.3 Å². The van der Waals surface area contributed by atoms with Crippen molar-refractivity contribution in [3.8, 4) is 0 Å². The van der Waals surface area contributed by atoms with Crippen LogP contribution in [0.3, 0.4) is 0 Å². The van der Waals surface area contributed by atoms with Gasteiger partial charge in [-0.15, -0.1) is 11.3 Å². The maximum Gasteiger partial charge on any atom is 0.357 e. The highest BCUT2D eigenvalue weighted by Gasteiger charge is 2.23. The summed E-state index contributed by atoms with van der Waals surface area (Å²) >= 11 is 1.21. The predicted octanol–water partition coefficient (Wildman–Crippen LogP) is 4.74. The summed E-state index contributed by atoms with van der Waals surface area (Å²) in [6.07, 6.45) is 1.82. The molecule has 8 heteroatoms. The average molecular weight is 431 g/mol. The number of para-hydroxylation sites is 1. The van der Waals surface area contributed by atoms with Crippen molar-refractivity contribution < 1.29 is 19.1 Å². The molecular weight excluding hydrogens is 404 g/mol. The highest BCUT2D eigenvalue weighted by atomic mass is 32.1. The molecule has 29 heavy (non-hydrogen) atoms. The maximum absolute atomic E-state index is 13.2. The van der Waals surface area contributed by atoms with E-state index >= 15 is 0 Å². The maximum atomic E-state index is 13.2. The monoisotopic (exact) mass is 430 g/mol. The first-order chi connectivity index (χ1) is 13.7. The molecule has 0 spiro atoms. The van der Waals surface area contributed by atoms with Crippen LogP contribution in [0.15, 0.2) is 30.5 Å². The largest absolute Gasteiger partial charge is 0.464 e. The van der Waals surface area contributed by atoms with Gasteiger partial charge in [0.1, 0.15) is 6.73 Å². The van der Waals surface area contributed by atoms with E-state index in [9.17, 15) is 9.59 Å². The topological polar surface area (TPSA) is 70.4 Å². The Hall–Kier alpha value is -2.29. The number of ketones is 1. The number of benzene rings is 1. The highest BCUT2D eigenvalue weighted by molar-refractivity contribution is 7.14. The minimum atomic E-state index is -1.15. The van der Waals surface area contributed by atoms with Crippen molar-refractivity contribution in [2.75, 3.05) is 13.7 Å². The van der Waals surface area contributed by atoms with Crippen LogP contribution in [0.4, 0.5) is 0 Å². The molecule has 2 heterocycles. The average Bonchev–Trinajstić information content (AvgIpc) is 3.24. The summed E-state index contributed by atoms with van der Waals surface area (Å²) in [7, 11) is 0.149. The molecule has 2 aromatic heterocycles. The Morgan fingerprint density at radius 1 is 1.21 bits per heavy atom. The minimum Gasteiger partial charge on any atom is -0.464 e. The first kappa shape index (κ1) is 21.4. The normalized spacial score (nSPS) is 11.8. The fraction of sp³-hybridized carbons (Fsp3) is 0.381. The van der Waals surface area contributed by atoms with Gasteiger partial charge in [0.2, 0.25) is 5.78 Å². The molecule has 0 bridgehead atoms. The summed E-state index contributed by atoms with van der Waals surface area (Å²) in [6.45, 7) is 9.81. The molecule has 0 aliphatic rings. The third-order valence-electron chi connectivity index (χ3n) is 4.63. The molecule has 0 atom stereocenters. The van der Waals surface area contributed by atoms with Crippen LogP contribution in [-0.4, -0.2) is 43.1 Å². The van der Waals surface area contributed by atoms with E-state index in [2.05, 4.69) is 24.6 Å². The van der Waals surface area contributed by atoms with Gasteiger partial charge in [0.15, 0.2) is 10.7 Å². The molecule has 0 aliphatic heterocycles. The zero-order chi connectivity index (χ0) is 21.2. The van der Waals surface area contributed by atoms with Gasteiger partial charge in [-0.2, -0.15) is 0 Å². The van der Waals surface area contributed by atoms with Crippen molar-refractivity contribution >= 4 is 42.1 Å². The van der Waals surface area contributed by atoms with Gasteiger partial charge in [-0.3, -0.25) is 4.79 Å². The summed E-state index contributed by atoms with van der Waals surface area (Å²) in [5.41, 5.74) is 1.68. The molecule has 0 fully saturated rings. The van der Waals surface area contributed by atoms with E-state index in [-0.39, 0.29) is 16.5 Å². The van der Waals surface area contributed by atoms with Gasteiger partial charge in [-0.25, -0.2) is 9.78 Å². The molecule has 0 saturated heterocycles. The summed E-state index contributed by atoms with van der Waals surface area (Å²) in [5.74, 6) is -0.735. The lowest BCUT2D eigenvalue weighted by Crippen LogP contribution is -2.21. The third-order valence-corrected chi connectivity index (χ3v) is 7.30. The molecule has 0 aliphatic carbocycles. The molecule has 0 unspecified atom stereocenters. The molecule has 0 amide bonds. The number of aryl methyl sites for hydroxylation is 1. The van der Waals surface area contributed by atoms with Crippen LogP contribution in [0, 0.1) is 6.92 Å². The van der Waals surface area contributed by atoms with Crippen molar-refractivity contribution in [2.24, 2.45) is 0 Å². The second-order valence-electron chi connectivity index (χ2n) is 8.12. The summed E-state index contributed by atoms with van der Waals surface area (Å²) < 4.78 is 12.6. The lowest BCUT2D eigenvalue weighted by atomic mass is 10.1. The van der Waals surface area contributed by atoms with Gasteiger partial charge in [0.25, 0.3) is 0 Å². The fourth-order valence-electron chi connectivity index (χ4n) is 2.97.